The number of carbonyl (C=O) groups excluding carboxylic acids is 2. The summed E-state index contributed by atoms with van der Waals surface area (Å²) in [5, 5.41) is 14.3. The predicted molar refractivity (Wildman–Crippen MR) is 124 cm³/mol. The van der Waals surface area contributed by atoms with Crippen molar-refractivity contribution in [3.05, 3.63) is 65.7 Å². The largest absolute Gasteiger partial charge is 0.492 e. The minimum Gasteiger partial charge on any atom is -0.492 e. The van der Waals surface area contributed by atoms with Crippen molar-refractivity contribution in [2.45, 2.75) is 38.3 Å². The van der Waals surface area contributed by atoms with Crippen molar-refractivity contribution in [2.24, 2.45) is 0 Å². The highest BCUT2D eigenvalue weighted by atomic mass is 16.5. The zero-order valence-electron chi connectivity index (χ0n) is 18.8. The zero-order chi connectivity index (χ0) is 23.6. The van der Waals surface area contributed by atoms with Gasteiger partial charge in [0, 0.05) is 18.5 Å². The van der Waals surface area contributed by atoms with Crippen molar-refractivity contribution >= 4 is 17.8 Å². The van der Waals surface area contributed by atoms with Gasteiger partial charge in [0.05, 0.1) is 0 Å². The Balaban J connectivity index is 1.64. The van der Waals surface area contributed by atoms with Gasteiger partial charge in [-0.2, -0.15) is 0 Å². The molecule has 33 heavy (non-hydrogen) atoms. The summed E-state index contributed by atoms with van der Waals surface area (Å²) >= 11 is 0. The molecule has 2 atom stereocenters. The molecule has 2 unspecified atom stereocenters. The summed E-state index contributed by atoms with van der Waals surface area (Å²) in [6, 6.07) is 14.1. The SMILES string of the molecule is CC(NC(=O)C(Cc1ccccc1)NC(=O)c1cccc(OCCN2CCCC2)c1)C(=O)O. The first-order valence-corrected chi connectivity index (χ1v) is 11.3. The molecular weight excluding hydrogens is 422 g/mol. The molecule has 0 radical (unpaired) electrons. The van der Waals surface area contributed by atoms with Gasteiger partial charge in [-0.25, -0.2) is 0 Å². The molecule has 3 rings (SSSR count). The van der Waals surface area contributed by atoms with Gasteiger partial charge in [0.15, 0.2) is 0 Å². The number of likely N-dealkylation sites (tertiary alicyclic amines) is 1. The van der Waals surface area contributed by atoms with E-state index in [4.69, 9.17) is 9.84 Å². The van der Waals surface area contributed by atoms with Crippen molar-refractivity contribution in [2.75, 3.05) is 26.2 Å². The lowest BCUT2D eigenvalue weighted by molar-refractivity contribution is -0.141. The van der Waals surface area contributed by atoms with Crippen LogP contribution in [0.15, 0.2) is 54.6 Å². The van der Waals surface area contributed by atoms with Gasteiger partial charge in [0.25, 0.3) is 5.91 Å². The second-order valence-corrected chi connectivity index (χ2v) is 8.21. The van der Waals surface area contributed by atoms with Crippen molar-refractivity contribution in [3.8, 4) is 5.75 Å². The Morgan fingerprint density at radius 3 is 2.45 bits per heavy atom. The van der Waals surface area contributed by atoms with Gasteiger partial charge in [-0.3, -0.25) is 19.3 Å². The van der Waals surface area contributed by atoms with E-state index in [1.165, 1.54) is 19.8 Å². The molecule has 0 aliphatic carbocycles. The molecular formula is C25H31N3O5. The van der Waals surface area contributed by atoms with Gasteiger partial charge in [-0.1, -0.05) is 36.4 Å². The third-order valence-electron chi connectivity index (χ3n) is 5.60. The standard InChI is InChI=1S/C25H31N3O5/c1-18(25(31)32)26-24(30)22(16-19-8-3-2-4-9-19)27-23(29)20-10-7-11-21(17-20)33-15-14-28-12-5-6-13-28/h2-4,7-11,17-18,22H,5-6,12-16H2,1H3,(H,26,30)(H,27,29)(H,31,32). The first-order valence-electron chi connectivity index (χ1n) is 11.3. The molecule has 1 aliphatic rings. The lowest BCUT2D eigenvalue weighted by atomic mass is 10.0. The Labute approximate surface area is 193 Å². The summed E-state index contributed by atoms with van der Waals surface area (Å²) in [5.41, 5.74) is 1.21. The minimum absolute atomic E-state index is 0.233. The van der Waals surface area contributed by atoms with Crippen LogP contribution in [0.2, 0.25) is 0 Å². The van der Waals surface area contributed by atoms with Gasteiger partial charge in [-0.15, -0.1) is 0 Å². The molecule has 8 nitrogen and oxygen atoms in total. The molecule has 0 saturated carbocycles. The molecule has 1 fully saturated rings. The van der Waals surface area contributed by atoms with E-state index in [1.54, 1.807) is 24.3 Å². The highest BCUT2D eigenvalue weighted by Crippen LogP contribution is 2.15. The van der Waals surface area contributed by atoms with Crippen molar-refractivity contribution in [3.63, 3.8) is 0 Å². The van der Waals surface area contributed by atoms with Crippen molar-refractivity contribution < 1.29 is 24.2 Å². The monoisotopic (exact) mass is 453 g/mol. The number of nitrogens with one attached hydrogen (secondary N) is 2. The topological polar surface area (TPSA) is 108 Å². The third kappa shape index (κ3) is 7.61. The highest BCUT2D eigenvalue weighted by molar-refractivity contribution is 5.98. The summed E-state index contributed by atoms with van der Waals surface area (Å²) in [7, 11) is 0. The fourth-order valence-corrected chi connectivity index (χ4v) is 3.70. The number of ether oxygens (including phenoxy) is 1. The molecule has 176 valence electrons. The Hall–Kier alpha value is -3.39. The number of aliphatic carboxylic acids is 1. The maximum atomic E-state index is 12.9. The van der Waals surface area contributed by atoms with E-state index in [2.05, 4.69) is 15.5 Å². The van der Waals surface area contributed by atoms with E-state index in [-0.39, 0.29) is 6.42 Å². The van der Waals surface area contributed by atoms with E-state index in [0.717, 1.165) is 25.2 Å². The maximum absolute atomic E-state index is 12.9. The van der Waals surface area contributed by atoms with Gasteiger partial charge < -0.3 is 20.5 Å². The molecule has 0 aromatic heterocycles. The Morgan fingerprint density at radius 1 is 1.03 bits per heavy atom. The summed E-state index contributed by atoms with van der Waals surface area (Å²) in [6.07, 6.45) is 2.67. The number of carboxylic acid groups (broad SMARTS) is 1. The second-order valence-electron chi connectivity index (χ2n) is 8.21. The molecule has 1 heterocycles. The summed E-state index contributed by atoms with van der Waals surface area (Å²) < 4.78 is 5.82. The first-order chi connectivity index (χ1) is 15.9. The smallest absolute Gasteiger partial charge is 0.325 e. The van der Waals surface area contributed by atoms with E-state index < -0.39 is 29.9 Å². The molecule has 2 aromatic rings. The average Bonchev–Trinajstić information content (AvgIpc) is 3.33. The van der Waals surface area contributed by atoms with Crippen LogP contribution in [0.3, 0.4) is 0 Å². The fraction of sp³-hybridized carbons (Fsp3) is 0.400. The van der Waals surface area contributed by atoms with Crippen LogP contribution < -0.4 is 15.4 Å². The molecule has 8 heteroatoms. The van der Waals surface area contributed by atoms with Crippen LogP contribution in [-0.4, -0.2) is 66.1 Å². The van der Waals surface area contributed by atoms with Gasteiger partial charge >= 0.3 is 5.97 Å². The predicted octanol–water partition coefficient (Wildman–Crippen LogP) is 2.09. The van der Waals surface area contributed by atoms with Crippen LogP contribution in [-0.2, 0) is 16.0 Å². The molecule has 2 amide bonds. The molecule has 2 aromatic carbocycles. The number of hydrogen-bond acceptors (Lipinski definition) is 5. The van der Waals surface area contributed by atoms with E-state index in [9.17, 15) is 14.4 Å². The Morgan fingerprint density at radius 2 is 1.76 bits per heavy atom. The van der Waals surface area contributed by atoms with Crippen LogP contribution in [0.5, 0.6) is 5.75 Å². The lowest BCUT2D eigenvalue weighted by Gasteiger charge is -2.20. The van der Waals surface area contributed by atoms with E-state index in [1.807, 2.05) is 30.3 Å². The quantitative estimate of drug-likeness (QED) is 0.481. The number of carbonyl (C=O) groups is 3. The number of nitrogens with zero attached hydrogens (tertiary/aromatic N) is 1. The number of amides is 2. The minimum atomic E-state index is -1.15. The lowest BCUT2D eigenvalue weighted by Crippen LogP contribution is -2.51. The van der Waals surface area contributed by atoms with Crippen molar-refractivity contribution in [1.82, 2.24) is 15.5 Å². The van der Waals surface area contributed by atoms with Crippen molar-refractivity contribution in [1.29, 1.82) is 0 Å². The normalized spacial score (nSPS) is 15.4. The van der Waals surface area contributed by atoms with Crippen LogP contribution in [0.4, 0.5) is 0 Å². The highest BCUT2D eigenvalue weighted by Gasteiger charge is 2.25. The van der Waals surface area contributed by atoms with Gasteiger partial charge in [0.2, 0.25) is 5.91 Å². The van der Waals surface area contributed by atoms with Crippen LogP contribution >= 0.6 is 0 Å². The third-order valence-corrected chi connectivity index (χ3v) is 5.60. The van der Waals surface area contributed by atoms with E-state index in [0.29, 0.717) is 17.9 Å². The fourth-order valence-electron chi connectivity index (χ4n) is 3.70. The van der Waals surface area contributed by atoms with Crippen LogP contribution in [0.1, 0.15) is 35.7 Å². The molecule has 1 aliphatic heterocycles. The number of carboxylic acids is 1. The summed E-state index contributed by atoms with van der Waals surface area (Å²) in [5.74, 6) is -1.54. The average molecular weight is 454 g/mol. The summed E-state index contributed by atoms with van der Waals surface area (Å²) in [6.45, 7) is 4.95. The number of benzene rings is 2. The van der Waals surface area contributed by atoms with E-state index >= 15 is 0 Å². The Bertz CT molecular complexity index is 944. The van der Waals surface area contributed by atoms with Crippen LogP contribution in [0.25, 0.3) is 0 Å². The van der Waals surface area contributed by atoms with Gasteiger partial charge in [-0.05, 0) is 56.6 Å². The number of rotatable bonds is 11. The number of hydrogen-bond donors (Lipinski definition) is 3. The van der Waals surface area contributed by atoms with Gasteiger partial charge in [0.1, 0.15) is 24.4 Å². The molecule has 1 saturated heterocycles. The Kier molecular flexibility index (Phi) is 8.83. The first kappa shape index (κ1) is 24.3. The second kappa shape index (κ2) is 12.0. The summed E-state index contributed by atoms with van der Waals surface area (Å²) in [4.78, 5) is 39.2. The molecule has 0 spiro atoms. The molecule has 3 N–H and O–H groups in total. The zero-order valence-corrected chi connectivity index (χ0v) is 18.8. The van der Waals surface area contributed by atoms with Crippen LogP contribution in [0, 0.1) is 0 Å². The maximum Gasteiger partial charge on any atom is 0.325 e. The molecule has 0 bridgehead atoms.